The third-order valence-corrected chi connectivity index (χ3v) is 4.48. The Morgan fingerprint density at radius 3 is 2.56 bits per heavy atom. The maximum atomic E-state index is 13.7. The van der Waals surface area contributed by atoms with E-state index in [1.165, 1.54) is 17.4 Å². The second kappa shape index (κ2) is 10.1. The Kier molecular flexibility index (Phi) is 9.58. The first-order chi connectivity index (χ1) is 10.8. The number of thiazole rings is 1. The van der Waals surface area contributed by atoms with Crippen LogP contribution in [0.5, 0.6) is 0 Å². The molecule has 1 heterocycles. The number of amides is 1. The zero-order chi connectivity index (χ0) is 17.0. The Labute approximate surface area is 164 Å². The summed E-state index contributed by atoms with van der Waals surface area (Å²) in [5, 5.41) is 2.45. The second-order valence-corrected chi connectivity index (χ2v) is 7.37. The lowest BCUT2D eigenvalue weighted by Gasteiger charge is -2.28. The molecule has 0 unspecified atom stereocenters. The quantitative estimate of drug-likeness (QED) is 0.792. The first-order valence-electron chi connectivity index (χ1n) is 7.46. The van der Waals surface area contributed by atoms with Gasteiger partial charge in [0.2, 0.25) is 0 Å². The van der Waals surface area contributed by atoms with Gasteiger partial charge in [-0.2, -0.15) is 0 Å². The van der Waals surface area contributed by atoms with E-state index in [1.54, 1.807) is 35.5 Å². The predicted octanol–water partition coefficient (Wildman–Crippen LogP) is 3.77. The number of hydrogen-bond acceptors (Lipinski definition) is 4. The maximum absolute atomic E-state index is 13.7. The molecule has 8 heteroatoms. The molecule has 4 nitrogen and oxygen atoms in total. The fraction of sp³-hybridized carbons (Fsp3) is 0.412. The van der Waals surface area contributed by atoms with Crippen LogP contribution in [0, 0.1) is 11.2 Å². The average Bonchev–Trinajstić information content (AvgIpc) is 2.97. The first-order valence-corrected chi connectivity index (χ1v) is 8.34. The van der Waals surface area contributed by atoms with Crippen molar-refractivity contribution in [3.05, 3.63) is 51.7 Å². The Morgan fingerprint density at radius 2 is 1.96 bits per heavy atom. The van der Waals surface area contributed by atoms with Gasteiger partial charge < -0.3 is 10.6 Å². The van der Waals surface area contributed by atoms with E-state index in [9.17, 15) is 9.18 Å². The van der Waals surface area contributed by atoms with Gasteiger partial charge in [0.1, 0.15) is 11.5 Å². The minimum atomic E-state index is -0.252. The lowest BCUT2D eigenvalue weighted by atomic mass is 9.93. The summed E-state index contributed by atoms with van der Waals surface area (Å²) >= 11 is 1.37. The van der Waals surface area contributed by atoms with Crippen molar-refractivity contribution < 1.29 is 9.18 Å². The van der Waals surface area contributed by atoms with Crippen LogP contribution in [0.25, 0.3) is 0 Å². The molecule has 2 N–H and O–H groups in total. The number of nitrogens with zero attached hydrogens (tertiary/aromatic N) is 2. The number of halogens is 3. The molecule has 0 saturated heterocycles. The van der Waals surface area contributed by atoms with Gasteiger partial charge in [-0.25, -0.2) is 9.37 Å². The molecule has 0 atom stereocenters. The Balaban J connectivity index is 0.00000288. The zero-order valence-corrected chi connectivity index (χ0v) is 16.9. The summed E-state index contributed by atoms with van der Waals surface area (Å²) in [6.07, 6.45) is 0.391. The van der Waals surface area contributed by atoms with Crippen molar-refractivity contribution in [2.45, 2.75) is 20.3 Å². The van der Waals surface area contributed by atoms with Crippen molar-refractivity contribution in [1.82, 2.24) is 9.88 Å². The largest absolute Gasteiger partial charge is 0.340 e. The van der Waals surface area contributed by atoms with E-state index in [-0.39, 0.29) is 42.0 Å². The summed E-state index contributed by atoms with van der Waals surface area (Å²) in [5.41, 5.74) is 6.55. The standard InChI is InChI=1S/C17H22FN3OS.2ClH/c1-17(2,10-19)11-21(3)16(22)14-9-23-15(20-14)8-12-6-4-5-7-13(12)18;;/h4-7,9H,8,10-11,19H2,1-3H3;2*1H. The Hall–Kier alpha value is -1.21. The van der Waals surface area contributed by atoms with E-state index in [0.29, 0.717) is 30.8 Å². The molecule has 0 aliphatic carbocycles. The molecule has 0 bridgehead atoms. The van der Waals surface area contributed by atoms with E-state index in [2.05, 4.69) is 4.98 Å². The SMILES string of the molecule is CN(CC(C)(C)CN)C(=O)c1csc(Cc2ccccc2F)n1.Cl.Cl. The normalized spacial score (nSPS) is 10.6. The zero-order valence-electron chi connectivity index (χ0n) is 14.5. The molecule has 0 saturated carbocycles. The van der Waals surface area contributed by atoms with Crippen molar-refractivity contribution in [2.75, 3.05) is 20.1 Å². The predicted molar refractivity (Wildman–Crippen MR) is 106 cm³/mol. The minimum Gasteiger partial charge on any atom is -0.340 e. The van der Waals surface area contributed by atoms with E-state index < -0.39 is 0 Å². The van der Waals surface area contributed by atoms with Crippen molar-refractivity contribution in [3.63, 3.8) is 0 Å². The fourth-order valence-electron chi connectivity index (χ4n) is 2.27. The molecular formula is C17H24Cl2FN3OS. The van der Waals surface area contributed by atoms with Crippen LogP contribution in [0.1, 0.15) is 34.9 Å². The number of benzene rings is 1. The Morgan fingerprint density at radius 1 is 1.32 bits per heavy atom. The molecule has 1 aromatic heterocycles. The van der Waals surface area contributed by atoms with Gasteiger partial charge >= 0.3 is 0 Å². The third-order valence-electron chi connectivity index (χ3n) is 3.63. The van der Waals surface area contributed by atoms with Crippen LogP contribution in [0.4, 0.5) is 4.39 Å². The third kappa shape index (κ3) is 6.55. The summed E-state index contributed by atoms with van der Waals surface area (Å²) in [5.74, 6) is -0.389. The number of rotatable bonds is 6. The lowest BCUT2D eigenvalue weighted by Crippen LogP contribution is -2.39. The van der Waals surface area contributed by atoms with Gasteiger partial charge in [0.05, 0.1) is 5.01 Å². The molecule has 0 aliphatic rings. The van der Waals surface area contributed by atoms with Gasteiger partial charge in [0.15, 0.2) is 0 Å². The minimum absolute atomic E-state index is 0. The number of hydrogen-bond donors (Lipinski definition) is 1. The molecule has 0 radical (unpaired) electrons. The monoisotopic (exact) mass is 407 g/mol. The molecule has 0 fully saturated rings. The van der Waals surface area contributed by atoms with Crippen molar-refractivity contribution in [1.29, 1.82) is 0 Å². The number of aromatic nitrogens is 1. The van der Waals surface area contributed by atoms with E-state index in [1.807, 2.05) is 13.8 Å². The van der Waals surface area contributed by atoms with Crippen LogP contribution < -0.4 is 5.73 Å². The molecule has 1 amide bonds. The van der Waals surface area contributed by atoms with Crippen molar-refractivity contribution in [2.24, 2.45) is 11.1 Å². The molecule has 140 valence electrons. The number of nitrogens with two attached hydrogens (primary N) is 1. The summed E-state index contributed by atoms with van der Waals surface area (Å²) in [6, 6.07) is 6.61. The van der Waals surface area contributed by atoms with E-state index >= 15 is 0 Å². The summed E-state index contributed by atoms with van der Waals surface area (Å²) in [7, 11) is 1.75. The van der Waals surface area contributed by atoms with Gasteiger partial charge in [-0.05, 0) is 23.6 Å². The molecule has 2 aromatic rings. The van der Waals surface area contributed by atoms with Crippen molar-refractivity contribution >= 4 is 42.1 Å². The molecule has 1 aromatic carbocycles. The van der Waals surface area contributed by atoms with E-state index in [4.69, 9.17) is 5.73 Å². The summed E-state index contributed by atoms with van der Waals surface area (Å²) in [6.45, 7) is 5.09. The highest BCUT2D eigenvalue weighted by Gasteiger charge is 2.23. The molecule has 25 heavy (non-hydrogen) atoms. The van der Waals surface area contributed by atoms with Crippen LogP contribution in [0.15, 0.2) is 29.6 Å². The van der Waals surface area contributed by atoms with Gasteiger partial charge in [-0.1, -0.05) is 32.0 Å². The maximum Gasteiger partial charge on any atom is 0.273 e. The highest BCUT2D eigenvalue weighted by atomic mass is 35.5. The van der Waals surface area contributed by atoms with Gasteiger partial charge in [0.25, 0.3) is 5.91 Å². The summed E-state index contributed by atoms with van der Waals surface area (Å²) in [4.78, 5) is 18.4. The van der Waals surface area contributed by atoms with Gasteiger partial charge in [0, 0.05) is 25.4 Å². The molecular weight excluding hydrogens is 384 g/mol. The van der Waals surface area contributed by atoms with Gasteiger partial charge in [-0.3, -0.25) is 4.79 Å². The molecule has 0 aliphatic heterocycles. The molecule has 2 rings (SSSR count). The van der Waals surface area contributed by atoms with Crippen molar-refractivity contribution in [3.8, 4) is 0 Å². The van der Waals surface area contributed by atoms with Crippen LogP contribution in [-0.4, -0.2) is 35.9 Å². The van der Waals surface area contributed by atoms with Gasteiger partial charge in [-0.15, -0.1) is 36.2 Å². The topological polar surface area (TPSA) is 59.2 Å². The van der Waals surface area contributed by atoms with Crippen LogP contribution in [0.2, 0.25) is 0 Å². The van der Waals surface area contributed by atoms with Crippen LogP contribution in [-0.2, 0) is 6.42 Å². The lowest BCUT2D eigenvalue weighted by molar-refractivity contribution is 0.0735. The molecule has 0 spiro atoms. The number of carbonyl (C=O) groups excluding carboxylic acids is 1. The van der Waals surface area contributed by atoms with Crippen LogP contribution >= 0.6 is 36.2 Å². The average molecular weight is 408 g/mol. The fourth-order valence-corrected chi connectivity index (χ4v) is 3.06. The van der Waals surface area contributed by atoms with E-state index in [0.717, 1.165) is 5.01 Å². The smallest absolute Gasteiger partial charge is 0.273 e. The van der Waals surface area contributed by atoms with Crippen LogP contribution in [0.3, 0.4) is 0 Å². The summed E-state index contributed by atoms with van der Waals surface area (Å²) < 4.78 is 13.7. The highest BCUT2D eigenvalue weighted by Crippen LogP contribution is 2.19. The number of carbonyl (C=O) groups is 1. The Bertz CT molecular complexity index is 694. The first kappa shape index (κ1) is 23.8. The highest BCUT2D eigenvalue weighted by molar-refractivity contribution is 7.09. The second-order valence-electron chi connectivity index (χ2n) is 6.42.